The van der Waals surface area contributed by atoms with Crippen molar-refractivity contribution in [3.63, 3.8) is 0 Å². The Morgan fingerprint density at radius 2 is 1.52 bits per heavy atom. The first kappa shape index (κ1) is 13.2. The zero-order chi connectivity index (χ0) is 14.7. The first-order chi connectivity index (χ1) is 10.2. The third-order valence-electron chi connectivity index (χ3n) is 3.44. The average Bonchev–Trinajstić information content (AvgIpc) is 2.53. The molecule has 0 fully saturated rings. The predicted molar refractivity (Wildman–Crippen MR) is 84.4 cm³/mol. The van der Waals surface area contributed by atoms with Gasteiger partial charge in [-0.1, -0.05) is 54.6 Å². The summed E-state index contributed by atoms with van der Waals surface area (Å²) in [5.74, 6) is -0.894. The molecule has 21 heavy (non-hydrogen) atoms. The SMILES string of the molecule is O=C(O)C(Nc1ccccc1)c1ccc2ccccc2c1. The predicted octanol–water partition coefficient (Wildman–Crippen LogP) is 4.08. The van der Waals surface area contributed by atoms with Crippen LogP contribution in [0.25, 0.3) is 10.8 Å². The van der Waals surface area contributed by atoms with E-state index in [1.165, 1.54) is 0 Å². The van der Waals surface area contributed by atoms with Gasteiger partial charge in [-0.25, -0.2) is 4.79 Å². The summed E-state index contributed by atoms with van der Waals surface area (Å²) in [6.45, 7) is 0. The molecule has 0 saturated carbocycles. The maximum absolute atomic E-state index is 11.6. The number of carbonyl (C=O) groups is 1. The number of nitrogens with one attached hydrogen (secondary N) is 1. The quantitative estimate of drug-likeness (QED) is 0.755. The Morgan fingerprint density at radius 3 is 2.24 bits per heavy atom. The summed E-state index contributed by atoms with van der Waals surface area (Å²) in [5.41, 5.74) is 1.53. The van der Waals surface area contributed by atoms with Gasteiger partial charge in [-0.2, -0.15) is 0 Å². The summed E-state index contributed by atoms with van der Waals surface area (Å²) < 4.78 is 0. The normalized spacial score (nSPS) is 12.0. The molecule has 1 unspecified atom stereocenters. The van der Waals surface area contributed by atoms with Gasteiger partial charge in [0.1, 0.15) is 0 Å². The minimum absolute atomic E-state index is 0.741. The van der Waals surface area contributed by atoms with Crippen LogP contribution in [0, 0.1) is 0 Å². The van der Waals surface area contributed by atoms with Crippen LogP contribution in [-0.2, 0) is 4.79 Å². The van der Waals surface area contributed by atoms with Crippen molar-refractivity contribution in [3.8, 4) is 0 Å². The van der Waals surface area contributed by atoms with Crippen molar-refractivity contribution >= 4 is 22.4 Å². The van der Waals surface area contributed by atoms with Crippen LogP contribution in [0.3, 0.4) is 0 Å². The molecule has 2 N–H and O–H groups in total. The number of fused-ring (bicyclic) bond motifs is 1. The van der Waals surface area contributed by atoms with Crippen molar-refractivity contribution in [1.82, 2.24) is 0 Å². The summed E-state index contributed by atoms with van der Waals surface area (Å²) in [5, 5.41) is 14.7. The molecule has 104 valence electrons. The lowest BCUT2D eigenvalue weighted by molar-refractivity contribution is -0.138. The van der Waals surface area contributed by atoms with Gasteiger partial charge in [-0.05, 0) is 34.5 Å². The summed E-state index contributed by atoms with van der Waals surface area (Å²) in [6.07, 6.45) is 0. The van der Waals surface area contributed by atoms with Gasteiger partial charge in [-0.15, -0.1) is 0 Å². The Hall–Kier alpha value is -2.81. The molecule has 3 aromatic rings. The molecule has 0 saturated heterocycles. The van der Waals surface area contributed by atoms with E-state index >= 15 is 0 Å². The van der Waals surface area contributed by atoms with E-state index in [1.54, 1.807) is 0 Å². The number of carboxylic acid groups (broad SMARTS) is 1. The molecule has 0 amide bonds. The number of rotatable bonds is 4. The number of carboxylic acids is 1. The molecule has 3 rings (SSSR count). The van der Waals surface area contributed by atoms with E-state index in [0.717, 1.165) is 22.0 Å². The highest BCUT2D eigenvalue weighted by atomic mass is 16.4. The average molecular weight is 277 g/mol. The van der Waals surface area contributed by atoms with Crippen LogP contribution in [0.5, 0.6) is 0 Å². The van der Waals surface area contributed by atoms with Crippen LogP contribution in [0.4, 0.5) is 5.69 Å². The molecule has 0 spiro atoms. The molecule has 3 aromatic carbocycles. The fourth-order valence-corrected chi connectivity index (χ4v) is 2.38. The molecule has 0 bridgehead atoms. The Morgan fingerprint density at radius 1 is 0.857 bits per heavy atom. The molecule has 0 radical (unpaired) electrons. The molecule has 0 aromatic heterocycles. The van der Waals surface area contributed by atoms with Crippen molar-refractivity contribution < 1.29 is 9.90 Å². The van der Waals surface area contributed by atoms with Gasteiger partial charge in [0.25, 0.3) is 0 Å². The highest BCUT2D eigenvalue weighted by molar-refractivity contribution is 5.86. The van der Waals surface area contributed by atoms with E-state index in [4.69, 9.17) is 0 Å². The summed E-state index contributed by atoms with van der Waals surface area (Å²) >= 11 is 0. The zero-order valence-electron chi connectivity index (χ0n) is 11.4. The number of aliphatic carboxylic acids is 1. The zero-order valence-corrected chi connectivity index (χ0v) is 11.4. The lowest BCUT2D eigenvalue weighted by Crippen LogP contribution is -2.20. The second-order valence-electron chi connectivity index (χ2n) is 4.89. The number of benzene rings is 3. The van der Waals surface area contributed by atoms with Gasteiger partial charge >= 0.3 is 5.97 Å². The Labute approximate surface area is 122 Å². The van der Waals surface area contributed by atoms with Gasteiger partial charge in [0.15, 0.2) is 6.04 Å². The monoisotopic (exact) mass is 277 g/mol. The van der Waals surface area contributed by atoms with E-state index in [-0.39, 0.29) is 0 Å². The maximum Gasteiger partial charge on any atom is 0.330 e. The minimum Gasteiger partial charge on any atom is -0.479 e. The third kappa shape index (κ3) is 2.87. The lowest BCUT2D eigenvalue weighted by Gasteiger charge is -2.16. The highest BCUT2D eigenvalue weighted by Crippen LogP contribution is 2.24. The second kappa shape index (κ2) is 5.67. The van der Waals surface area contributed by atoms with Crippen LogP contribution in [0.15, 0.2) is 72.8 Å². The van der Waals surface area contributed by atoms with E-state index < -0.39 is 12.0 Å². The Kier molecular flexibility index (Phi) is 3.56. The Balaban J connectivity index is 1.97. The minimum atomic E-state index is -0.894. The largest absolute Gasteiger partial charge is 0.479 e. The summed E-state index contributed by atoms with van der Waals surface area (Å²) in [7, 11) is 0. The molecular weight excluding hydrogens is 262 g/mol. The number of hydrogen-bond donors (Lipinski definition) is 2. The molecule has 1 atom stereocenters. The second-order valence-corrected chi connectivity index (χ2v) is 4.89. The van der Waals surface area contributed by atoms with Crippen LogP contribution in [0.2, 0.25) is 0 Å². The number of hydrogen-bond acceptors (Lipinski definition) is 2. The van der Waals surface area contributed by atoms with Gasteiger partial charge in [0.05, 0.1) is 0 Å². The molecule has 0 aliphatic carbocycles. The van der Waals surface area contributed by atoms with Crippen molar-refractivity contribution in [2.24, 2.45) is 0 Å². The van der Waals surface area contributed by atoms with Crippen LogP contribution in [0.1, 0.15) is 11.6 Å². The Bertz CT molecular complexity index is 768. The van der Waals surface area contributed by atoms with Gasteiger partial charge < -0.3 is 10.4 Å². The smallest absolute Gasteiger partial charge is 0.330 e. The van der Waals surface area contributed by atoms with Crippen molar-refractivity contribution in [1.29, 1.82) is 0 Å². The van der Waals surface area contributed by atoms with Crippen LogP contribution < -0.4 is 5.32 Å². The topological polar surface area (TPSA) is 49.3 Å². The van der Waals surface area contributed by atoms with Crippen molar-refractivity contribution in [2.45, 2.75) is 6.04 Å². The summed E-state index contributed by atoms with van der Waals surface area (Å²) in [6, 6.07) is 22.3. The highest BCUT2D eigenvalue weighted by Gasteiger charge is 2.19. The van der Waals surface area contributed by atoms with Gasteiger partial charge in [-0.3, -0.25) is 0 Å². The van der Waals surface area contributed by atoms with Crippen LogP contribution >= 0.6 is 0 Å². The molecule has 0 heterocycles. The van der Waals surface area contributed by atoms with E-state index in [9.17, 15) is 9.90 Å². The van der Waals surface area contributed by atoms with E-state index in [1.807, 2.05) is 72.8 Å². The van der Waals surface area contributed by atoms with E-state index in [2.05, 4.69) is 5.32 Å². The van der Waals surface area contributed by atoms with Crippen molar-refractivity contribution in [2.75, 3.05) is 5.32 Å². The van der Waals surface area contributed by atoms with Gasteiger partial charge in [0.2, 0.25) is 0 Å². The standard InChI is InChI=1S/C18H15NO2/c20-18(21)17(19-16-8-2-1-3-9-16)15-11-10-13-6-4-5-7-14(13)12-15/h1-12,17,19H,(H,20,21). The number of para-hydroxylation sites is 1. The van der Waals surface area contributed by atoms with Gasteiger partial charge in [0, 0.05) is 5.69 Å². The molecule has 3 nitrogen and oxygen atoms in total. The molecule has 0 aliphatic heterocycles. The molecular formula is C18H15NO2. The first-order valence-corrected chi connectivity index (χ1v) is 6.77. The number of anilines is 1. The fourth-order valence-electron chi connectivity index (χ4n) is 2.38. The summed E-state index contributed by atoms with van der Waals surface area (Å²) in [4.78, 5) is 11.6. The molecule has 3 heteroatoms. The lowest BCUT2D eigenvalue weighted by atomic mass is 10.0. The van der Waals surface area contributed by atoms with Crippen molar-refractivity contribution in [3.05, 3.63) is 78.4 Å². The first-order valence-electron chi connectivity index (χ1n) is 6.77. The fraction of sp³-hybridized carbons (Fsp3) is 0.0556. The van der Waals surface area contributed by atoms with Crippen LogP contribution in [-0.4, -0.2) is 11.1 Å². The molecule has 0 aliphatic rings. The third-order valence-corrected chi connectivity index (χ3v) is 3.44. The maximum atomic E-state index is 11.6. The van der Waals surface area contributed by atoms with E-state index in [0.29, 0.717) is 0 Å².